The van der Waals surface area contributed by atoms with E-state index < -0.39 is 28.6 Å². The molecular formula is C12H16ClF2NO3S2. The Hall–Kier alpha value is -0.280. The van der Waals surface area contributed by atoms with Gasteiger partial charge in [0.1, 0.15) is 0 Å². The number of sulfonamides is 1. The second-order valence-electron chi connectivity index (χ2n) is 5.16. The molecule has 2 rings (SSSR count). The van der Waals surface area contributed by atoms with Gasteiger partial charge in [-0.05, 0) is 30.2 Å². The van der Waals surface area contributed by atoms with Crippen molar-refractivity contribution >= 4 is 33.0 Å². The van der Waals surface area contributed by atoms with E-state index in [1.807, 2.05) is 0 Å². The third-order valence-corrected chi connectivity index (χ3v) is 7.18. The Morgan fingerprint density at radius 1 is 1.48 bits per heavy atom. The maximum absolute atomic E-state index is 13.1. The molecule has 0 aliphatic heterocycles. The summed E-state index contributed by atoms with van der Waals surface area (Å²) in [6.45, 7) is -0.432. The summed E-state index contributed by atoms with van der Waals surface area (Å²) in [5.74, 6) is -2.99. The van der Waals surface area contributed by atoms with E-state index in [0.29, 0.717) is 0 Å². The molecule has 120 valence electrons. The summed E-state index contributed by atoms with van der Waals surface area (Å²) >= 11 is 6.78. The smallest absolute Gasteiger partial charge is 0.251 e. The van der Waals surface area contributed by atoms with Gasteiger partial charge in [-0.3, -0.25) is 0 Å². The van der Waals surface area contributed by atoms with Gasteiger partial charge in [0.2, 0.25) is 5.92 Å². The van der Waals surface area contributed by atoms with Crippen LogP contribution in [0.3, 0.4) is 0 Å². The molecule has 21 heavy (non-hydrogen) atoms. The van der Waals surface area contributed by atoms with Crippen molar-refractivity contribution in [2.24, 2.45) is 5.92 Å². The largest absolute Gasteiger partial charge is 0.395 e. The highest BCUT2D eigenvalue weighted by atomic mass is 35.5. The maximum atomic E-state index is 13.1. The molecular weight excluding hydrogens is 344 g/mol. The van der Waals surface area contributed by atoms with Crippen LogP contribution in [0.1, 0.15) is 25.7 Å². The number of aliphatic hydroxyl groups excluding tert-OH is 1. The zero-order chi connectivity index (χ0) is 15.7. The molecule has 1 aromatic heterocycles. The van der Waals surface area contributed by atoms with E-state index in [9.17, 15) is 22.3 Å². The highest BCUT2D eigenvalue weighted by molar-refractivity contribution is 7.91. The molecule has 0 radical (unpaired) electrons. The van der Waals surface area contributed by atoms with Crippen LogP contribution >= 0.6 is 22.9 Å². The lowest BCUT2D eigenvalue weighted by Gasteiger charge is -2.33. The van der Waals surface area contributed by atoms with Gasteiger partial charge in [0, 0.05) is 18.9 Å². The molecule has 1 unspecified atom stereocenters. The van der Waals surface area contributed by atoms with Gasteiger partial charge in [0.25, 0.3) is 10.0 Å². The Kier molecular flexibility index (Phi) is 5.25. The Morgan fingerprint density at radius 2 is 2.10 bits per heavy atom. The SMILES string of the molecule is O=S(=O)(NC(CO)C1CCC(F)(F)CC1)c1sccc1Cl. The molecule has 1 aromatic rings. The maximum Gasteiger partial charge on any atom is 0.251 e. The van der Waals surface area contributed by atoms with Crippen LogP contribution in [0.2, 0.25) is 5.02 Å². The van der Waals surface area contributed by atoms with Crippen LogP contribution in [0.4, 0.5) is 8.78 Å². The summed E-state index contributed by atoms with van der Waals surface area (Å²) < 4.78 is 53.1. The van der Waals surface area contributed by atoms with Crippen molar-refractivity contribution in [1.29, 1.82) is 0 Å². The number of hydrogen-bond donors (Lipinski definition) is 2. The Bertz CT molecular complexity index is 581. The van der Waals surface area contributed by atoms with Crippen molar-refractivity contribution < 1.29 is 22.3 Å². The molecule has 1 atom stereocenters. The Balaban J connectivity index is 2.08. The first kappa shape index (κ1) is 17.1. The molecule has 0 aromatic carbocycles. The van der Waals surface area contributed by atoms with E-state index in [1.165, 1.54) is 6.07 Å². The lowest BCUT2D eigenvalue weighted by atomic mass is 9.82. The highest BCUT2D eigenvalue weighted by Gasteiger charge is 2.38. The first-order valence-electron chi connectivity index (χ1n) is 6.49. The Labute approximate surface area is 131 Å². The summed E-state index contributed by atoms with van der Waals surface area (Å²) in [5, 5.41) is 11.1. The van der Waals surface area contributed by atoms with Gasteiger partial charge in [-0.1, -0.05) is 11.6 Å². The second kappa shape index (κ2) is 6.45. The fourth-order valence-electron chi connectivity index (χ4n) is 2.47. The van der Waals surface area contributed by atoms with Gasteiger partial charge in [0.05, 0.1) is 11.6 Å². The molecule has 1 fully saturated rings. The van der Waals surface area contributed by atoms with Crippen molar-refractivity contribution in [1.82, 2.24) is 4.72 Å². The van der Waals surface area contributed by atoms with Gasteiger partial charge in [0.15, 0.2) is 4.21 Å². The number of thiophene rings is 1. The van der Waals surface area contributed by atoms with Crippen LogP contribution in [0.25, 0.3) is 0 Å². The highest BCUT2D eigenvalue weighted by Crippen LogP contribution is 2.38. The average molecular weight is 360 g/mol. The minimum atomic E-state index is -3.85. The van der Waals surface area contributed by atoms with Gasteiger partial charge in [-0.15, -0.1) is 11.3 Å². The predicted octanol–water partition coefficient (Wildman–Crippen LogP) is 2.87. The van der Waals surface area contributed by atoms with Crippen LogP contribution < -0.4 is 4.72 Å². The standard InChI is InChI=1S/C12H16ClF2NO3S2/c13-9-3-6-20-11(9)21(18,19)16-10(7-17)8-1-4-12(14,15)5-2-8/h3,6,8,10,16-17H,1-2,4-5,7H2. The molecule has 0 spiro atoms. The van der Waals surface area contributed by atoms with Crippen molar-refractivity contribution in [3.8, 4) is 0 Å². The predicted molar refractivity (Wildman–Crippen MR) is 77.4 cm³/mol. The summed E-state index contributed by atoms with van der Waals surface area (Å²) in [6.07, 6.45) is -0.205. The summed E-state index contributed by atoms with van der Waals surface area (Å²) in [7, 11) is -3.85. The van der Waals surface area contributed by atoms with E-state index in [1.54, 1.807) is 5.38 Å². The van der Waals surface area contributed by atoms with E-state index >= 15 is 0 Å². The Morgan fingerprint density at radius 3 is 2.57 bits per heavy atom. The number of halogens is 3. The normalized spacial score (nSPS) is 21.3. The lowest BCUT2D eigenvalue weighted by Crippen LogP contribution is -2.45. The van der Waals surface area contributed by atoms with Crippen molar-refractivity contribution in [2.45, 2.75) is 41.9 Å². The number of nitrogens with one attached hydrogen (secondary N) is 1. The lowest BCUT2D eigenvalue weighted by molar-refractivity contribution is -0.0506. The first-order valence-corrected chi connectivity index (χ1v) is 9.23. The van der Waals surface area contributed by atoms with Crippen molar-refractivity contribution in [2.75, 3.05) is 6.61 Å². The molecule has 1 saturated carbocycles. The fourth-order valence-corrected chi connectivity index (χ4v) is 5.47. The zero-order valence-electron chi connectivity index (χ0n) is 11.1. The number of rotatable bonds is 5. The number of aliphatic hydroxyl groups is 1. The van der Waals surface area contributed by atoms with Crippen LogP contribution in [-0.2, 0) is 10.0 Å². The van der Waals surface area contributed by atoms with Crippen molar-refractivity contribution in [3.05, 3.63) is 16.5 Å². The minimum Gasteiger partial charge on any atom is -0.395 e. The molecule has 4 nitrogen and oxygen atoms in total. The first-order chi connectivity index (χ1) is 9.75. The topological polar surface area (TPSA) is 66.4 Å². The zero-order valence-corrected chi connectivity index (χ0v) is 13.4. The van der Waals surface area contributed by atoms with Crippen LogP contribution in [0.15, 0.2) is 15.7 Å². The monoisotopic (exact) mass is 359 g/mol. The van der Waals surface area contributed by atoms with E-state index in [-0.39, 0.29) is 40.8 Å². The van der Waals surface area contributed by atoms with Crippen molar-refractivity contribution in [3.63, 3.8) is 0 Å². The summed E-state index contributed by atoms with van der Waals surface area (Å²) in [4.78, 5) is 0. The van der Waals surface area contributed by atoms with Crippen LogP contribution in [0.5, 0.6) is 0 Å². The van der Waals surface area contributed by atoms with Gasteiger partial charge < -0.3 is 5.11 Å². The van der Waals surface area contributed by atoms with Crippen LogP contribution in [-0.4, -0.2) is 32.1 Å². The molecule has 1 aliphatic carbocycles. The molecule has 1 heterocycles. The third-order valence-electron chi connectivity index (χ3n) is 3.66. The second-order valence-corrected chi connectivity index (χ2v) is 8.39. The summed E-state index contributed by atoms with van der Waals surface area (Å²) in [5.41, 5.74) is 0. The molecule has 9 heteroatoms. The molecule has 0 bridgehead atoms. The van der Waals surface area contributed by atoms with E-state index in [4.69, 9.17) is 11.6 Å². The molecule has 0 amide bonds. The number of hydrogen-bond acceptors (Lipinski definition) is 4. The molecule has 1 aliphatic rings. The minimum absolute atomic E-state index is 0.0243. The van der Waals surface area contributed by atoms with Crippen LogP contribution in [0, 0.1) is 5.92 Å². The van der Waals surface area contributed by atoms with Gasteiger partial charge >= 0.3 is 0 Å². The van der Waals surface area contributed by atoms with Gasteiger partial charge in [-0.2, -0.15) is 0 Å². The quantitative estimate of drug-likeness (QED) is 0.849. The van der Waals surface area contributed by atoms with Gasteiger partial charge in [-0.25, -0.2) is 21.9 Å². The number of alkyl halides is 2. The molecule has 2 N–H and O–H groups in total. The average Bonchev–Trinajstić information content (AvgIpc) is 2.83. The fraction of sp³-hybridized carbons (Fsp3) is 0.667. The third kappa shape index (κ3) is 4.13. The molecule has 0 saturated heterocycles. The summed E-state index contributed by atoms with van der Waals surface area (Å²) in [6, 6.07) is 0.694. The van der Waals surface area contributed by atoms with E-state index in [2.05, 4.69) is 4.72 Å². The van der Waals surface area contributed by atoms with E-state index in [0.717, 1.165) is 11.3 Å².